The number of amides is 1. The summed E-state index contributed by atoms with van der Waals surface area (Å²) in [6.45, 7) is 2.00. The minimum atomic E-state index is -0.397. The number of anilines is 1. The lowest BCUT2D eigenvalue weighted by Gasteiger charge is -2.19. The van der Waals surface area contributed by atoms with Gasteiger partial charge in [-0.2, -0.15) is 0 Å². The van der Waals surface area contributed by atoms with E-state index in [-0.39, 0.29) is 5.91 Å². The highest BCUT2D eigenvalue weighted by Crippen LogP contribution is 2.29. The van der Waals surface area contributed by atoms with Crippen LogP contribution in [0, 0.1) is 6.92 Å². The maximum absolute atomic E-state index is 13.5. The second kappa shape index (κ2) is 8.52. The first-order valence-corrected chi connectivity index (χ1v) is 10.7. The van der Waals surface area contributed by atoms with Crippen LogP contribution >= 0.6 is 0 Å². The smallest absolute Gasteiger partial charge is 0.236 e. The van der Waals surface area contributed by atoms with Crippen molar-refractivity contribution in [1.29, 1.82) is 0 Å². The Morgan fingerprint density at radius 1 is 0.812 bits per heavy atom. The van der Waals surface area contributed by atoms with Gasteiger partial charge in [0.1, 0.15) is 5.82 Å². The second-order valence-corrected chi connectivity index (χ2v) is 7.88. The number of nitrogens with one attached hydrogen (secondary N) is 2. The van der Waals surface area contributed by atoms with Crippen LogP contribution in [-0.4, -0.2) is 15.9 Å². The molecule has 5 aromatic rings. The molecule has 0 radical (unpaired) electrons. The van der Waals surface area contributed by atoms with Crippen molar-refractivity contribution < 1.29 is 4.79 Å². The molecule has 0 aliphatic carbocycles. The number of nitrogens with zero attached hydrogens (tertiary/aromatic N) is 1. The van der Waals surface area contributed by atoms with Crippen LogP contribution in [0.4, 0.5) is 5.69 Å². The average molecular weight is 418 g/mol. The number of H-pyrrole nitrogens is 1. The predicted molar refractivity (Wildman–Crippen MR) is 130 cm³/mol. The Morgan fingerprint density at radius 2 is 1.44 bits per heavy atom. The Hall–Kier alpha value is -4.18. The van der Waals surface area contributed by atoms with Gasteiger partial charge >= 0.3 is 0 Å². The van der Waals surface area contributed by atoms with E-state index < -0.39 is 5.92 Å². The quantitative estimate of drug-likeness (QED) is 0.352. The number of aromatic nitrogens is 2. The first-order valence-electron chi connectivity index (χ1n) is 10.7. The minimum absolute atomic E-state index is 0.0627. The predicted octanol–water partition coefficient (Wildman–Crippen LogP) is 6.31. The van der Waals surface area contributed by atoms with Crippen molar-refractivity contribution in [2.24, 2.45) is 0 Å². The zero-order valence-corrected chi connectivity index (χ0v) is 17.7. The number of aryl methyl sites for hydroxylation is 1. The van der Waals surface area contributed by atoms with Gasteiger partial charge in [-0.1, -0.05) is 84.9 Å². The van der Waals surface area contributed by atoms with Gasteiger partial charge in [-0.3, -0.25) is 4.79 Å². The van der Waals surface area contributed by atoms with Gasteiger partial charge in [-0.15, -0.1) is 0 Å². The zero-order valence-electron chi connectivity index (χ0n) is 17.7. The van der Waals surface area contributed by atoms with E-state index in [4.69, 9.17) is 4.98 Å². The van der Waals surface area contributed by atoms with Crippen molar-refractivity contribution in [3.8, 4) is 11.4 Å². The van der Waals surface area contributed by atoms with Crippen molar-refractivity contribution in [1.82, 2.24) is 9.97 Å². The van der Waals surface area contributed by atoms with Gasteiger partial charge in [0.2, 0.25) is 5.91 Å². The summed E-state index contributed by atoms with van der Waals surface area (Å²) in [6.07, 6.45) is 0. The Balaban J connectivity index is 1.49. The fourth-order valence-corrected chi connectivity index (χ4v) is 3.98. The lowest BCUT2D eigenvalue weighted by Crippen LogP contribution is -2.22. The topological polar surface area (TPSA) is 57.8 Å². The second-order valence-electron chi connectivity index (χ2n) is 7.88. The number of carbonyl (C=O) groups is 1. The van der Waals surface area contributed by atoms with Crippen molar-refractivity contribution >= 4 is 22.6 Å². The molecule has 0 spiro atoms. The van der Waals surface area contributed by atoms with Gasteiger partial charge in [0.15, 0.2) is 0 Å². The first kappa shape index (κ1) is 19.8. The number of hydrogen-bond donors (Lipinski definition) is 2. The van der Waals surface area contributed by atoms with Crippen molar-refractivity contribution in [3.63, 3.8) is 0 Å². The molecule has 0 bridgehead atoms. The number of rotatable bonds is 5. The summed E-state index contributed by atoms with van der Waals surface area (Å²) in [7, 11) is 0. The van der Waals surface area contributed by atoms with Crippen molar-refractivity contribution in [2.75, 3.05) is 5.32 Å². The number of fused-ring (bicyclic) bond motifs is 1. The Bertz CT molecular complexity index is 1300. The van der Waals surface area contributed by atoms with Crippen molar-refractivity contribution in [3.05, 3.63) is 120 Å². The number of imidazole rings is 1. The molecular formula is C28H23N3O. The summed E-state index contributed by atoms with van der Waals surface area (Å²) >= 11 is 0. The van der Waals surface area contributed by atoms with Gasteiger partial charge in [0, 0.05) is 11.3 Å². The molecule has 4 nitrogen and oxygen atoms in total. The molecule has 0 saturated carbocycles. The Morgan fingerprint density at radius 3 is 2.09 bits per heavy atom. The summed E-state index contributed by atoms with van der Waals surface area (Å²) in [5.41, 5.74) is 6.54. The van der Waals surface area contributed by atoms with Gasteiger partial charge in [-0.05, 0) is 41.8 Å². The van der Waals surface area contributed by atoms with Crippen molar-refractivity contribution in [2.45, 2.75) is 12.8 Å². The van der Waals surface area contributed by atoms with Crippen LogP contribution in [0.3, 0.4) is 0 Å². The number of benzene rings is 4. The van der Waals surface area contributed by atoms with Gasteiger partial charge in [-0.25, -0.2) is 4.98 Å². The van der Waals surface area contributed by atoms with Crippen LogP contribution in [0.1, 0.15) is 22.6 Å². The molecule has 4 aromatic carbocycles. The zero-order chi connectivity index (χ0) is 21.9. The normalized spacial score (nSPS) is 11.1. The van der Waals surface area contributed by atoms with Gasteiger partial charge < -0.3 is 10.3 Å². The first-order chi connectivity index (χ1) is 15.7. The molecule has 32 heavy (non-hydrogen) atoms. The fraction of sp³-hybridized carbons (Fsp3) is 0.0714. The van der Waals surface area contributed by atoms with E-state index in [2.05, 4.69) is 10.3 Å². The Labute approximate surface area is 187 Å². The lowest BCUT2D eigenvalue weighted by molar-refractivity contribution is -0.116. The molecule has 5 rings (SSSR count). The van der Waals surface area contributed by atoms with E-state index in [1.54, 1.807) is 0 Å². The molecule has 156 valence electrons. The maximum Gasteiger partial charge on any atom is 0.236 e. The number of aromatic amines is 1. The number of para-hydroxylation sites is 2. The van der Waals surface area contributed by atoms with E-state index in [1.165, 1.54) is 0 Å². The van der Waals surface area contributed by atoms with Crippen LogP contribution in [0.15, 0.2) is 103 Å². The summed E-state index contributed by atoms with van der Waals surface area (Å²) in [5.74, 6) is 0.322. The molecule has 0 aliphatic rings. The highest BCUT2D eigenvalue weighted by atomic mass is 16.1. The van der Waals surface area contributed by atoms with Crippen LogP contribution < -0.4 is 5.32 Å². The maximum atomic E-state index is 13.5. The highest BCUT2D eigenvalue weighted by molar-refractivity contribution is 5.99. The molecule has 1 amide bonds. The van der Waals surface area contributed by atoms with Gasteiger partial charge in [0.05, 0.1) is 17.0 Å². The molecule has 0 unspecified atom stereocenters. The SMILES string of the molecule is Cc1ccc(-c2nc3ccccc3[nH]2)cc1NC(=O)C(c1ccccc1)c1ccccc1. The summed E-state index contributed by atoms with van der Waals surface area (Å²) in [6, 6.07) is 33.7. The number of carbonyl (C=O) groups excluding carboxylic acids is 1. The van der Waals surface area contributed by atoms with E-state index in [0.717, 1.165) is 44.8 Å². The van der Waals surface area contributed by atoms with E-state index >= 15 is 0 Å². The monoisotopic (exact) mass is 417 g/mol. The van der Waals surface area contributed by atoms with E-state index in [0.29, 0.717) is 0 Å². The molecule has 1 heterocycles. The standard InChI is InChI=1S/C28H23N3O/c1-19-16-17-22(27-29-23-14-8-9-15-24(23)30-27)18-25(19)31-28(32)26(20-10-4-2-5-11-20)21-12-6-3-7-13-21/h2-18,26H,1H3,(H,29,30)(H,31,32). The molecule has 1 aromatic heterocycles. The third kappa shape index (κ3) is 3.91. The van der Waals surface area contributed by atoms with Crippen LogP contribution in [0.25, 0.3) is 22.4 Å². The summed E-state index contributed by atoms with van der Waals surface area (Å²) in [5, 5.41) is 3.17. The van der Waals surface area contributed by atoms with Crippen LogP contribution in [0.2, 0.25) is 0 Å². The molecule has 2 N–H and O–H groups in total. The average Bonchev–Trinajstić information content (AvgIpc) is 3.26. The summed E-state index contributed by atoms with van der Waals surface area (Å²) in [4.78, 5) is 21.6. The molecule has 0 saturated heterocycles. The van der Waals surface area contributed by atoms with E-state index in [9.17, 15) is 4.79 Å². The molecule has 0 aliphatic heterocycles. The summed E-state index contributed by atoms with van der Waals surface area (Å²) < 4.78 is 0. The highest BCUT2D eigenvalue weighted by Gasteiger charge is 2.23. The third-order valence-electron chi connectivity index (χ3n) is 5.69. The Kier molecular flexibility index (Phi) is 5.26. The minimum Gasteiger partial charge on any atom is -0.338 e. The molecular weight excluding hydrogens is 394 g/mol. The molecule has 0 atom stereocenters. The largest absolute Gasteiger partial charge is 0.338 e. The van der Waals surface area contributed by atoms with Crippen LogP contribution in [0.5, 0.6) is 0 Å². The fourth-order valence-electron chi connectivity index (χ4n) is 3.98. The molecule has 0 fully saturated rings. The van der Waals surface area contributed by atoms with Gasteiger partial charge in [0.25, 0.3) is 0 Å². The molecule has 4 heteroatoms. The van der Waals surface area contributed by atoms with Crippen LogP contribution in [-0.2, 0) is 4.79 Å². The third-order valence-corrected chi connectivity index (χ3v) is 5.69. The number of hydrogen-bond acceptors (Lipinski definition) is 2. The lowest BCUT2D eigenvalue weighted by atomic mass is 9.90. The van der Waals surface area contributed by atoms with E-state index in [1.807, 2.05) is 110 Å².